The van der Waals surface area contributed by atoms with Gasteiger partial charge in [0.2, 0.25) is 5.91 Å². The summed E-state index contributed by atoms with van der Waals surface area (Å²) in [5.74, 6) is -0.783. The fourth-order valence-corrected chi connectivity index (χ4v) is 2.45. The van der Waals surface area contributed by atoms with E-state index < -0.39 is 11.5 Å². The van der Waals surface area contributed by atoms with E-state index in [4.69, 9.17) is 4.74 Å². The number of methoxy groups -OCH3 is 1. The summed E-state index contributed by atoms with van der Waals surface area (Å²) < 4.78 is 4.87. The Morgan fingerprint density at radius 1 is 1.10 bits per heavy atom. The van der Waals surface area contributed by atoms with Crippen molar-refractivity contribution in [2.75, 3.05) is 7.11 Å². The molecule has 0 aliphatic heterocycles. The van der Waals surface area contributed by atoms with Gasteiger partial charge in [0.25, 0.3) is 0 Å². The van der Waals surface area contributed by atoms with Crippen LogP contribution in [0.25, 0.3) is 10.8 Å². The fourth-order valence-electron chi connectivity index (χ4n) is 2.45. The number of hydrogen-bond donors (Lipinski definition) is 1. The summed E-state index contributed by atoms with van der Waals surface area (Å²) in [5, 5.41) is 4.62. The molecule has 2 rings (SSSR count). The highest BCUT2D eigenvalue weighted by Gasteiger charge is 2.38. The molecule has 104 valence electrons. The van der Waals surface area contributed by atoms with Crippen molar-refractivity contribution in [2.24, 2.45) is 0 Å². The van der Waals surface area contributed by atoms with E-state index in [2.05, 4.69) is 5.32 Å². The van der Waals surface area contributed by atoms with Crippen LogP contribution in [0.4, 0.5) is 0 Å². The highest BCUT2D eigenvalue weighted by atomic mass is 16.5. The van der Waals surface area contributed by atoms with Crippen LogP contribution in [0.1, 0.15) is 19.4 Å². The van der Waals surface area contributed by atoms with E-state index in [0.29, 0.717) is 0 Å². The van der Waals surface area contributed by atoms with Crippen LogP contribution in [0.2, 0.25) is 0 Å². The van der Waals surface area contributed by atoms with E-state index in [1.807, 2.05) is 42.5 Å². The molecule has 0 radical (unpaired) electrons. The predicted molar refractivity (Wildman–Crippen MR) is 77.1 cm³/mol. The van der Waals surface area contributed by atoms with E-state index in [-0.39, 0.29) is 5.91 Å². The van der Waals surface area contributed by atoms with Gasteiger partial charge in [-0.15, -0.1) is 0 Å². The molecule has 0 heterocycles. The van der Waals surface area contributed by atoms with E-state index >= 15 is 0 Å². The largest absolute Gasteiger partial charge is 0.467 e. The van der Waals surface area contributed by atoms with Gasteiger partial charge in [-0.05, 0) is 23.3 Å². The van der Waals surface area contributed by atoms with E-state index in [9.17, 15) is 9.59 Å². The van der Waals surface area contributed by atoms with Gasteiger partial charge in [0.05, 0.1) is 7.11 Å². The third kappa shape index (κ3) is 2.37. The van der Waals surface area contributed by atoms with Crippen molar-refractivity contribution < 1.29 is 14.3 Å². The Balaban J connectivity index is 2.68. The molecule has 0 fully saturated rings. The molecule has 0 aliphatic carbocycles. The number of fused-ring (bicyclic) bond motifs is 1. The summed E-state index contributed by atoms with van der Waals surface area (Å²) in [4.78, 5) is 23.6. The molecule has 4 heteroatoms. The number of rotatable bonds is 3. The monoisotopic (exact) mass is 271 g/mol. The average Bonchev–Trinajstić information content (AvgIpc) is 2.44. The first-order valence-electron chi connectivity index (χ1n) is 6.34. The Hall–Kier alpha value is -2.36. The third-order valence-electron chi connectivity index (χ3n) is 3.35. The van der Waals surface area contributed by atoms with Gasteiger partial charge in [-0.2, -0.15) is 0 Å². The first-order valence-corrected chi connectivity index (χ1v) is 6.34. The van der Waals surface area contributed by atoms with Gasteiger partial charge < -0.3 is 10.1 Å². The Kier molecular flexibility index (Phi) is 3.74. The lowest BCUT2D eigenvalue weighted by molar-refractivity contribution is -0.150. The van der Waals surface area contributed by atoms with Gasteiger partial charge in [-0.1, -0.05) is 42.5 Å². The molecule has 0 spiro atoms. The molecule has 2 aromatic rings. The molecule has 0 unspecified atom stereocenters. The molecule has 0 saturated heterocycles. The van der Waals surface area contributed by atoms with Crippen molar-refractivity contribution in [3.8, 4) is 0 Å². The average molecular weight is 271 g/mol. The highest BCUT2D eigenvalue weighted by Crippen LogP contribution is 2.29. The molecular weight excluding hydrogens is 254 g/mol. The number of nitrogens with one attached hydrogen (secondary N) is 1. The quantitative estimate of drug-likeness (QED) is 0.872. The van der Waals surface area contributed by atoms with E-state index in [0.717, 1.165) is 16.3 Å². The van der Waals surface area contributed by atoms with Crippen LogP contribution in [0.15, 0.2) is 42.5 Å². The van der Waals surface area contributed by atoms with Gasteiger partial charge >= 0.3 is 5.97 Å². The van der Waals surface area contributed by atoms with Crippen molar-refractivity contribution in [1.29, 1.82) is 0 Å². The second-order valence-corrected chi connectivity index (χ2v) is 4.82. The number of amides is 1. The molecule has 4 nitrogen and oxygen atoms in total. The number of carbonyl (C=O) groups is 2. The highest BCUT2D eigenvalue weighted by molar-refractivity contribution is 5.95. The van der Waals surface area contributed by atoms with Crippen LogP contribution in [0.5, 0.6) is 0 Å². The van der Waals surface area contributed by atoms with Crippen molar-refractivity contribution in [1.82, 2.24) is 5.32 Å². The summed E-state index contributed by atoms with van der Waals surface area (Å²) in [5.41, 5.74) is -0.487. The molecule has 0 aliphatic rings. The Bertz CT molecular complexity index is 660. The van der Waals surface area contributed by atoms with Crippen molar-refractivity contribution in [3.63, 3.8) is 0 Å². The lowest BCUT2D eigenvalue weighted by Gasteiger charge is -2.29. The molecule has 20 heavy (non-hydrogen) atoms. The summed E-state index contributed by atoms with van der Waals surface area (Å²) in [6.45, 7) is 3.04. The van der Waals surface area contributed by atoms with Crippen LogP contribution in [0, 0.1) is 0 Å². The number of benzene rings is 2. The molecule has 1 N–H and O–H groups in total. The molecule has 2 aromatic carbocycles. The minimum atomic E-state index is -1.21. The maximum absolute atomic E-state index is 12.2. The maximum Gasteiger partial charge on any atom is 0.336 e. The Morgan fingerprint density at radius 2 is 1.75 bits per heavy atom. The first kappa shape index (κ1) is 14.1. The summed E-state index contributed by atoms with van der Waals surface area (Å²) in [6.07, 6.45) is 0. The minimum Gasteiger partial charge on any atom is -0.467 e. The van der Waals surface area contributed by atoms with Crippen LogP contribution in [0.3, 0.4) is 0 Å². The van der Waals surface area contributed by atoms with Crippen molar-refractivity contribution in [2.45, 2.75) is 19.4 Å². The zero-order chi connectivity index (χ0) is 14.8. The van der Waals surface area contributed by atoms with Gasteiger partial charge in [0.1, 0.15) is 0 Å². The van der Waals surface area contributed by atoms with Crippen molar-refractivity contribution >= 4 is 22.6 Å². The number of esters is 1. The second-order valence-electron chi connectivity index (χ2n) is 4.82. The summed E-state index contributed by atoms with van der Waals surface area (Å²) >= 11 is 0. The predicted octanol–water partition coefficient (Wildman–Crippen LogP) is 2.36. The molecule has 1 amide bonds. The standard InChI is InChI=1S/C16H17NO3/c1-11(18)17-16(2,15(19)20-3)14-10-6-8-12-7-4-5-9-13(12)14/h4-10H,1-3H3,(H,17,18)/t16-/m1/s1. The molecule has 0 bridgehead atoms. The topological polar surface area (TPSA) is 55.4 Å². The van der Waals surface area contributed by atoms with E-state index in [1.165, 1.54) is 14.0 Å². The van der Waals surface area contributed by atoms with E-state index in [1.54, 1.807) is 6.92 Å². The van der Waals surface area contributed by atoms with Gasteiger partial charge in [-0.25, -0.2) is 4.79 Å². The minimum absolute atomic E-state index is 0.286. The van der Waals surface area contributed by atoms with Gasteiger partial charge in [-0.3, -0.25) is 4.79 Å². The number of ether oxygens (including phenoxy) is 1. The second kappa shape index (κ2) is 5.33. The van der Waals surface area contributed by atoms with Crippen LogP contribution < -0.4 is 5.32 Å². The fraction of sp³-hybridized carbons (Fsp3) is 0.250. The number of carbonyl (C=O) groups excluding carboxylic acids is 2. The van der Waals surface area contributed by atoms with Crippen LogP contribution >= 0.6 is 0 Å². The molecule has 0 saturated carbocycles. The van der Waals surface area contributed by atoms with Crippen LogP contribution in [-0.4, -0.2) is 19.0 Å². The lowest BCUT2D eigenvalue weighted by atomic mass is 9.87. The molecule has 0 aromatic heterocycles. The zero-order valence-electron chi connectivity index (χ0n) is 11.8. The first-order chi connectivity index (χ1) is 9.49. The maximum atomic E-state index is 12.2. The smallest absolute Gasteiger partial charge is 0.336 e. The third-order valence-corrected chi connectivity index (χ3v) is 3.35. The van der Waals surface area contributed by atoms with Gasteiger partial charge in [0.15, 0.2) is 5.54 Å². The Morgan fingerprint density at radius 3 is 2.40 bits per heavy atom. The van der Waals surface area contributed by atoms with Crippen molar-refractivity contribution in [3.05, 3.63) is 48.0 Å². The van der Waals surface area contributed by atoms with Crippen LogP contribution in [-0.2, 0) is 19.9 Å². The molecule has 1 atom stereocenters. The zero-order valence-corrected chi connectivity index (χ0v) is 11.8. The van der Waals surface area contributed by atoms with Gasteiger partial charge in [0, 0.05) is 6.92 Å². The summed E-state index contributed by atoms with van der Waals surface area (Å²) in [6, 6.07) is 13.4. The normalized spacial score (nSPS) is 13.6. The number of hydrogen-bond acceptors (Lipinski definition) is 3. The molecular formula is C16H17NO3. The SMILES string of the molecule is COC(=O)[C@](C)(NC(C)=O)c1cccc2ccccc12. The Labute approximate surface area is 117 Å². The lowest BCUT2D eigenvalue weighted by Crippen LogP contribution is -2.49. The summed E-state index contributed by atoms with van der Waals surface area (Å²) in [7, 11) is 1.31.